The van der Waals surface area contributed by atoms with Crippen LogP contribution < -0.4 is 4.90 Å². The number of anilines is 1. The first-order valence-corrected chi connectivity index (χ1v) is 12.1. The Balaban J connectivity index is 1.84. The number of esters is 2. The van der Waals surface area contributed by atoms with Crippen LogP contribution in [-0.2, 0) is 24.6 Å². The summed E-state index contributed by atoms with van der Waals surface area (Å²) in [5.74, 6) is 0.691. The minimum atomic E-state index is -1.12. The van der Waals surface area contributed by atoms with E-state index in [0.29, 0.717) is 35.1 Å². The molecule has 2 fully saturated rings. The first-order chi connectivity index (χ1) is 15.0. The monoisotopic (exact) mass is 467 g/mol. The Bertz CT molecular complexity index is 980. The zero-order valence-corrected chi connectivity index (χ0v) is 19.2. The van der Waals surface area contributed by atoms with E-state index in [1.807, 2.05) is 0 Å². The van der Waals surface area contributed by atoms with Crippen molar-refractivity contribution in [2.45, 2.75) is 38.6 Å². The topological polar surface area (TPSA) is 99.4 Å². The molecule has 4 heterocycles. The number of hydrogen-bond donors (Lipinski definition) is 0. The lowest BCUT2D eigenvalue weighted by Gasteiger charge is -2.33. The van der Waals surface area contributed by atoms with Gasteiger partial charge in [0.25, 0.3) is 0 Å². The largest absolute Gasteiger partial charge is 0.466 e. The molecule has 0 unspecified atom stereocenters. The minimum absolute atomic E-state index is 0.0998. The molecule has 168 valence electrons. The Morgan fingerprint density at radius 2 is 1.97 bits per heavy atom. The highest BCUT2D eigenvalue weighted by molar-refractivity contribution is 7.99. The first-order valence-electron chi connectivity index (χ1n) is 10.6. The molecule has 2 saturated heterocycles. The number of hydrogen-bond acceptors (Lipinski definition) is 9. The highest BCUT2D eigenvalue weighted by Gasteiger charge is 2.54. The van der Waals surface area contributed by atoms with Gasteiger partial charge in [0.05, 0.1) is 26.0 Å². The van der Waals surface area contributed by atoms with Gasteiger partial charge in [0, 0.05) is 24.8 Å². The van der Waals surface area contributed by atoms with E-state index in [-0.39, 0.29) is 30.2 Å². The number of fused-ring (bicyclic) bond motifs is 1. The summed E-state index contributed by atoms with van der Waals surface area (Å²) >= 11 is 7.90. The summed E-state index contributed by atoms with van der Waals surface area (Å²) in [4.78, 5) is 41.3. The van der Waals surface area contributed by atoms with Crippen LogP contribution in [0.1, 0.15) is 33.1 Å². The maximum absolute atomic E-state index is 13.4. The second kappa shape index (κ2) is 9.20. The fourth-order valence-electron chi connectivity index (χ4n) is 4.41. The SMILES string of the molecule is CCOC(=O)C[C@H]1CSC[C@]1(C(=O)OCC)n1cnc2c(N3CCCC3)nc(Cl)nc21. The molecule has 31 heavy (non-hydrogen) atoms. The molecule has 0 aliphatic carbocycles. The van der Waals surface area contributed by atoms with Gasteiger partial charge in [0.2, 0.25) is 5.28 Å². The normalized spacial score (nSPS) is 23.5. The van der Waals surface area contributed by atoms with Crippen molar-refractivity contribution in [1.29, 1.82) is 0 Å². The van der Waals surface area contributed by atoms with Crippen LogP contribution >= 0.6 is 23.4 Å². The molecule has 9 nitrogen and oxygen atoms in total. The molecular formula is C20H26ClN5O4S. The van der Waals surface area contributed by atoms with Crippen LogP contribution in [0.2, 0.25) is 5.28 Å². The van der Waals surface area contributed by atoms with Crippen molar-refractivity contribution >= 4 is 52.3 Å². The van der Waals surface area contributed by atoms with Crippen LogP contribution in [0.25, 0.3) is 11.2 Å². The summed E-state index contributed by atoms with van der Waals surface area (Å²) in [5.41, 5.74) is -0.0460. The number of halogens is 1. The Hall–Kier alpha value is -2.07. The van der Waals surface area contributed by atoms with Gasteiger partial charge in [-0.25, -0.2) is 9.78 Å². The smallest absolute Gasteiger partial charge is 0.333 e. The molecule has 0 N–H and O–H groups in total. The van der Waals surface area contributed by atoms with Gasteiger partial charge < -0.3 is 14.4 Å². The predicted molar refractivity (Wildman–Crippen MR) is 118 cm³/mol. The molecule has 2 aliphatic heterocycles. The van der Waals surface area contributed by atoms with Crippen LogP contribution in [0.4, 0.5) is 5.82 Å². The van der Waals surface area contributed by atoms with Crippen LogP contribution in [0, 0.1) is 5.92 Å². The molecule has 2 aromatic rings. The number of aromatic nitrogens is 4. The Morgan fingerprint density at radius 1 is 1.23 bits per heavy atom. The fourth-order valence-corrected chi connectivity index (χ4v) is 6.17. The zero-order chi connectivity index (χ0) is 22.0. The lowest BCUT2D eigenvalue weighted by Crippen LogP contribution is -2.49. The Kier molecular flexibility index (Phi) is 6.57. The lowest BCUT2D eigenvalue weighted by molar-refractivity contribution is -0.156. The fraction of sp³-hybridized carbons (Fsp3) is 0.650. The van der Waals surface area contributed by atoms with Crippen molar-refractivity contribution in [2.24, 2.45) is 5.92 Å². The number of imidazole rings is 1. The van der Waals surface area contributed by atoms with E-state index >= 15 is 0 Å². The van der Waals surface area contributed by atoms with Crippen LogP contribution in [0.3, 0.4) is 0 Å². The number of carbonyl (C=O) groups is 2. The van der Waals surface area contributed by atoms with E-state index < -0.39 is 11.5 Å². The van der Waals surface area contributed by atoms with E-state index in [2.05, 4.69) is 19.9 Å². The molecule has 2 atom stereocenters. The van der Waals surface area contributed by atoms with Gasteiger partial charge in [-0.3, -0.25) is 9.36 Å². The van der Waals surface area contributed by atoms with Crippen molar-refractivity contribution in [1.82, 2.24) is 19.5 Å². The van der Waals surface area contributed by atoms with Crippen LogP contribution in [0.15, 0.2) is 6.33 Å². The van der Waals surface area contributed by atoms with Gasteiger partial charge in [-0.1, -0.05) is 0 Å². The predicted octanol–water partition coefficient (Wildman–Crippen LogP) is 2.65. The second-order valence-corrected chi connectivity index (χ2v) is 9.03. The minimum Gasteiger partial charge on any atom is -0.466 e. The van der Waals surface area contributed by atoms with E-state index in [0.717, 1.165) is 25.9 Å². The molecule has 0 aromatic carbocycles. The van der Waals surface area contributed by atoms with Crippen molar-refractivity contribution in [3.05, 3.63) is 11.6 Å². The lowest BCUT2D eigenvalue weighted by atomic mass is 9.84. The first kappa shape index (κ1) is 22.1. The van der Waals surface area contributed by atoms with E-state index in [1.165, 1.54) is 0 Å². The number of nitrogens with zero attached hydrogens (tertiary/aromatic N) is 5. The highest BCUT2D eigenvalue weighted by atomic mass is 35.5. The number of carbonyl (C=O) groups excluding carboxylic acids is 2. The van der Waals surface area contributed by atoms with Gasteiger partial charge in [-0.2, -0.15) is 21.7 Å². The molecule has 0 amide bonds. The summed E-state index contributed by atoms with van der Waals surface area (Å²) in [7, 11) is 0. The third-order valence-corrected chi connectivity index (χ3v) is 7.30. The van der Waals surface area contributed by atoms with E-state index in [9.17, 15) is 9.59 Å². The number of thioether (sulfide) groups is 1. The summed E-state index contributed by atoms with van der Waals surface area (Å²) in [6, 6.07) is 0. The molecular weight excluding hydrogens is 442 g/mol. The van der Waals surface area contributed by atoms with Gasteiger partial charge in [-0.05, 0) is 44.0 Å². The van der Waals surface area contributed by atoms with Crippen molar-refractivity contribution in [3.63, 3.8) is 0 Å². The summed E-state index contributed by atoms with van der Waals surface area (Å²) in [5, 5.41) is 0.0998. The molecule has 0 saturated carbocycles. The van der Waals surface area contributed by atoms with Crippen molar-refractivity contribution in [3.8, 4) is 0 Å². The molecule has 2 aliphatic rings. The summed E-state index contributed by atoms with van der Waals surface area (Å²) < 4.78 is 12.4. The molecule has 0 spiro atoms. The van der Waals surface area contributed by atoms with Crippen LogP contribution in [-0.4, -0.2) is 69.3 Å². The van der Waals surface area contributed by atoms with Crippen molar-refractivity contribution in [2.75, 3.05) is 42.7 Å². The quantitative estimate of drug-likeness (QED) is 0.449. The molecule has 2 aromatic heterocycles. The molecule has 4 rings (SSSR count). The standard InChI is InChI=1S/C20H26ClN5O4S/c1-3-29-14(27)9-13-10-31-11-20(13,18(28)30-4-2)26-12-22-15-16(25-7-5-6-8-25)23-19(21)24-17(15)26/h12-13H,3-11H2,1-2H3/t13-,20-/m0/s1. The Labute approximate surface area is 189 Å². The third-order valence-electron chi connectivity index (χ3n) is 5.85. The Morgan fingerprint density at radius 3 is 2.68 bits per heavy atom. The van der Waals surface area contributed by atoms with Gasteiger partial charge >= 0.3 is 11.9 Å². The molecule has 0 bridgehead atoms. The molecule has 0 radical (unpaired) electrons. The van der Waals surface area contributed by atoms with Gasteiger partial charge in [0.1, 0.15) is 0 Å². The van der Waals surface area contributed by atoms with Crippen molar-refractivity contribution < 1.29 is 19.1 Å². The van der Waals surface area contributed by atoms with E-state index in [4.69, 9.17) is 21.1 Å². The van der Waals surface area contributed by atoms with E-state index in [1.54, 1.807) is 36.5 Å². The third kappa shape index (κ3) is 3.95. The highest BCUT2D eigenvalue weighted by Crippen LogP contribution is 2.45. The van der Waals surface area contributed by atoms with Gasteiger partial charge in [0.15, 0.2) is 22.5 Å². The molecule has 11 heteroatoms. The van der Waals surface area contributed by atoms with Crippen LogP contribution in [0.5, 0.6) is 0 Å². The second-order valence-electron chi connectivity index (χ2n) is 7.66. The van der Waals surface area contributed by atoms with Gasteiger partial charge in [-0.15, -0.1) is 0 Å². The maximum Gasteiger partial charge on any atom is 0.333 e. The maximum atomic E-state index is 13.4. The number of rotatable bonds is 7. The zero-order valence-electron chi connectivity index (χ0n) is 17.7. The summed E-state index contributed by atoms with van der Waals surface area (Å²) in [6.07, 6.45) is 3.87. The number of ether oxygens (including phenoxy) is 2. The average molecular weight is 468 g/mol. The average Bonchev–Trinajstić information content (AvgIpc) is 3.48. The summed E-state index contributed by atoms with van der Waals surface area (Å²) in [6.45, 7) is 5.81.